The summed E-state index contributed by atoms with van der Waals surface area (Å²) in [5, 5.41) is 9.74. The van der Waals surface area contributed by atoms with E-state index in [4.69, 9.17) is 38.8 Å². The van der Waals surface area contributed by atoms with Crippen molar-refractivity contribution in [2.24, 2.45) is 0 Å². The van der Waals surface area contributed by atoms with Gasteiger partial charge in [0.05, 0.1) is 21.3 Å². The molecule has 0 unspecified atom stereocenters. The first-order valence-electron chi connectivity index (χ1n) is 5.34. The predicted octanol–water partition coefficient (Wildman–Crippen LogP) is 4.83. The number of hydrogen-bond donors (Lipinski definition) is 2. The van der Waals surface area contributed by atoms with Crippen LogP contribution in [0.15, 0.2) is 34.8 Å². The highest BCUT2D eigenvalue weighted by Crippen LogP contribution is 2.38. The van der Waals surface area contributed by atoms with Crippen LogP contribution in [0.3, 0.4) is 0 Å². The maximum atomic E-state index is 11.0. The molecule has 0 aromatic heterocycles. The molecule has 2 aromatic carbocycles. The highest BCUT2D eigenvalue weighted by Gasteiger charge is 2.14. The van der Waals surface area contributed by atoms with Gasteiger partial charge >= 0.3 is 5.97 Å². The number of aromatic carboxylic acids is 1. The Morgan fingerprint density at radius 2 is 1.90 bits per heavy atom. The Hall–Kier alpha value is -1.43. The molecular weight excluding hydrogens is 369 g/mol. The van der Waals surface area contributed by atoms with Crippen molar-refractivity contribution in [1.82, 2.24) is 0 Å². The lowest BCUT2D eigenvalue weighted by molar-refractivity contribution is 0.0697. The molecule has 0 aliphatic carbocycles. The second kappa shape index (κ2) is 5.91. The minimum atomic E-state index is -1.13. The molecule has 3 N–H and O–H groups in total. The number of ether oxygens (including phenoxy) is 1. The average molecular weight is 377 g/mol. The van der Waals surface area contributed by atoms with E-state index in [1.165, 1.54) is 18.2 Å². The first-order chi connectivity index (χ1) is 9.40. The molecule has 0 aliphatic rings. The van der Waals surface area contributed by atoms with Crippen LogP contribution >= 0.6 is 39.1 Å². The van der Waals surface area contributed by atoms with Gasteiger partial charge in [0.25, 0.3) is 0 Å². The number of anilines is 1. The van der Waals surface area contributed by atoms with E-state index in [1.54, 1.807) is 12.1 Å². The summed E-state index contributed by atoms with van der Waals surface area (Å²) < 4.78 is 6.17. The second-order valence-electron chi connectivity index (χ2n) is 3.82. The summed E-state index contributed by atoms with van der Waals surface area (Å²) >= 11 is 15.2. The number of nitrogen functional groups attached to an aromatic ring is 1. The van der Waals surface area contributed by atoms with Crippen molar-refractivity contribution in [3.05, 3.63) is 50.4 Å². The van der Waals surface area contributed by atoms with Crippen molar-refractivity contribution < 1.29 is 14.6 Å². The Kier molecular flexibility index (Phi) is 4.42. The molecule has 2 rings (SSSR count). The van der Waals surface area contributed by atoms with Gasteiger partial charge in [-0.3, -0.25) is 0 Å². The number of benzene rings is 2. The molecule has 0 spiro atoms. The van der Waals surface area contributed by atoms with Crippen molar-refractivity contribution >= 4 is 50.8 Å². The molecule has 0 radical (unpaired) electrons. The number of halogens is 3. The molecule has 104 valence electrons. The number of carboxylic acid groups (broad SMARTS) is 1. The minimum absolute atomic E-state index is 0.0232. The number of carbonyl (C=O) groups is 1. The molecule has 20 heavy (non-hydrogen) atoms. The van der Waals surface area contributed by atoms with Gasteiger partial charge in [0.2, 0.25) is 0 Å². The lowest BCUT2D eigenvalue weighted by Gasteiger charge is -2.12. The minimum Gasteiger partial charge on any atom is -0.478 e. The molecule has 0 atom stereocenters. The van der Waals surface area contributed by atoms with Gasteiger partial charge in [-0.25, -0.2) is 4.79 Å². The van der Waals surface area contributed by atoms with Crippen LogP contribution in [0, 0.1) is 0 Å². The van der Waals surface area contributed by atoms with Crippen molar-refractivity contribution in [2.45, 2.75) is 0 Å². The summed E-state index contributed by atoms with van der Waals surface area (Å²) in [7, 11) is 0. The van der Waals surface area contributed by atoms with Crippen molar-refractivity contribution in [2.75, 3.05) is 5.73 Å². The van der Waals surface area contributed by atoms with Gasteiger partial charge < -0.3 is 15.6 Å². The zero-order valence-electron chi connectivity index (χ0n) is 9.86. The molecule has 7 heteroatoms. The van der Waals surface area contributed by atoms with Crippen LogP contribution in [0.25, 0.3) is 0 Å². The van der Waals surface area contributed by atoms with Gasteiger partial charge in [-0.1, -0.05) is 29.3 Å². The molecule has 0 bridgehead atoms. The molecule has 0 fully saturated rings. The highest BCUT2D eigenvalue weighted by molar-refractivity contribution is 9.10. The van der Waals surface area contributed by atoms with E-state index in [-0.39, 0.29) is 22.7 Å². The third kappa shape index (κ3) is 3.00. The van der Waals surface area contributed by atoms with E-state index in [2.05, 4.69) is 15.9 Å². The van der Waals surface area contributed by atoms with E-state index in [1.807, 2.05) is 0 Å². The smallest absolute Gasteiger partial charge is 0.337 e. The molecule has 0 saturated heterocycles. The SMILES string of the molecule is Nc1c(Oc2cc(Cl)c(Br)cc2Cl)cccc1C(=O)O. The van der Waals surface area contributed by atoms with Crippen LogP contribution in [0.2, 0.25) is 10.0 Å². The fraction of sp³-hybridized carbons (Fsp3) is 0. The van der Waals surface area contributed by atoms with Crippen molar-refractivity contribution in [1.29, 1.82) is 0 Å². The summed E-state index contributed by atoms with van der Waals surface area (Å²) in [6, 6.07) is 7.57. The lowest BCUT2D eigenvalue weighted by atomic mass is 10.1. The number of nitrogens with two attached hydrogens (primary N) is 1. The van der Waals surface area contributed by atoms with E-state index >= 15 is 0 Å². The maximum Gasteiger partial charge on any atom is 0.337 e. The second-order valence-corrected chi connectivity index (χ2v) is 5.49. The van der Waals surface area contributed by atoms with Gasteiger partial charge in [-0.05, 0) is 34.1 Å². The van der Waals surface area contributed by atoms with E-state index < -0.39 is 5.97 Å². The van der Waals surface area contributed by atoms with Crippen LogP contribution in [0.5, 0.6) is 11.5 Å². The molecule has 2 aromatic rings. The number of para-hydroxylation sites is 1. The third-order valence-electron chi connectivity index (χ3n) is 2.49. The van der Waals surface area contributed by atoms with E-state index in [9.17, 15) is 4.79 Å². The molecule has 0 heterocycles. The number of rotatable bonds is 3. The number of carboxylic acids is 1. The summed E-state index contributed by atoms with van der Waals surface area (Å²) in [5.41, 5.74) is 5.74. The molecule has 4 nitrogen and oxygen atoms in total. The summed E-state index contributed by atoms with van der Waals surface area (Å²) in [4.78, 5) is 11.0. The third-order valence-corrected chi connectivity index (χ3v) is 3.98. The van der Waals surface area contributed by atoms with Crippen LogP contribution in [-0.2, 0) is 0 Å². The summed E-state index contributed by atoms with van der Waals surface area (Å²) in [6.45, 7) is 0. The van der Waals surface area contributed by atoms with Gasteiger partial charge in [-0.2, -0.15) is 0 Å². The molecule has 0 saturated carbocycles. The average Bonchev–Trinajstić information content (AvgIpc) is 2.37. The Morgan fingerprint density at radius 3 is 2.55 bits per heavy atom. The Balaban J connectivity index is 2.43. The van der Waals surface area contributed by atoms with Gasteiger partial charge in [0, 0.05) is 10.5 Å². The summed E-state index contributed by atoms with van der Waals surface area (Å²) in [5.74, 6) is -0.646. The van der Waals surface area contributed by atoms with Gasteiger partial charge in [0.15, 0.2) is 5.75 Å². The van der Waals surface area contributed by atoms with Gasteiger partial charge in [0.1, 0.15) is 5.75 Å². The zero-order chi connectivity index (χ0) is 14.9. The van der Waals surface area contributed by atoms with E-state index in [0.29, 0.717) is 14.5 Å². The first-order valence-corrected chi connectivity index (χ1v) is 6.89. The van der Waals surface area contributed by atoms with Crippen LogP contribution in [-0.4, -0.2) is 11.1 Å². The van der Waals surface area contributed by atoms with Gasteiger partial charge in [-0.15, -0.1) is 0 Å². The van der Waals surface area contributed by atoms with Crippen LogP contribution in [0.4, 0.5) is 5.69 Å². The predicted molar refractivity (Wildman–Crippen MR) is 82.0 cm³/mol. The fourth-order valence-electron chi connectivity index (χ4n) is 1.52. The first kappa shape index (κ1) is 15.0. The van der Waals surface area contributed by atoms with E-state index in [0.717, 1.165) is 0 Å². The van der Waals surface area contributed by atoms with Crippen LogP contribution in [0.1, 0.15) is 10.4 Å². The monoisotopic (exact) mass is 375 g/mol. The largest absolute Gasteiger partial charge is 0.478 e. The fourth-order valence-corrected chi connectivity index (χ4v) is 2.35. The van der Waals surface area contributed by atoms with Crippen molar-refractivity contribution in [3.63, 3.8) is 0 Å². The summed E-state index contributed by atoms with van der Waals surface area (Å²) in [6.07, 6.45) is 0. The molecule has 0 amide bonds. The molecule has 0 aliphatic heterocycles. The quantitative estimate of drug-likeness (QED) is 0.594. The normalized spacial score (nSPS) is 10.3. The maximum absolute atomic E-state index is 11.0. The Bertz CT molecular complexity index is 692. The van der Waals surface area contributed by atoms with Crippen molar-refractivity contribution in [3.8, 4) is 11.5 Å². The zero-order valence-corrected chi connectivity index (χ0v) is 13.0. The Labute approximate surface area is 133 Å². The topological polar surface area (TPSA) is 72.5 Å². The number of hydrogen-bond acceptors (Lipinski definition) is 3. The molecular formula is C13H8BrCl2NO3. The highest BCUT2D eigenvalue weighted by atomic mass is 79.9. The van der Waals surface area contributed by atoms with Crippen LogP contribution < -0.4 is 10.5 Å². The lowest BCUT2D eigenvalue weighted by Crippen LogP contribution is -2.03. The standard InChI is InChI=1S/C13H8BrCl2NO3/c14-7-4-9(16)11(5-8(7)15)20-10-3-1-2-6(12(10)17)13(18)19/h1-5H,17H2,(H,18,19). The Morgan fingerprint density at radius 1 is 1.20 bits per heavy atom.